The number of rotatable bonds is 3. The number of cyclic esters (lactones) is 1. The first-order valence-corrected chi connectivity index (χ1v) is 5.47. The van der Waals surface area contributed by atoms with Gasteiger partial charge >= 0.3 is 6.09 Å². The summed E-state index contributed by atoms with van der Waals surface area (Å²) in [5.41, 5.74) is 7.41. The minimum Gasteiger partial charge on any atom is -0.448 e. The van der Waals surface area contributed by atoms with Gasteiger partial charge in [0.15, 0.2) is 0 Å². The quantitative estimate of drug-likeness (QED) is 0.876. The smallest absolute Gasteiger partial charge is 0.410 e. The Morgan fingerprint density at radius 1 is 1.50 bits per heavy atom. The Hall–Kier alpha value is -1.26. The highest BCUT2D eigenvalue weighted by Gasteiger charge is 2.22. The van der Waals surface area contributed by atoms with Gasteiger partial charge in [0, 0.05) is 11.6 Å². The highest BCUT2D eigenvalue weighted by Crippen LogP contribution is 2.20. The molecule has 1 heterocycles. The second-order valence-electron chi connectivity index (χ2n) is 3.67. The summed E-state index contributed by atoms with van der Waals surface area (Å²) in [6.45, 7) is 2.03. The van der Waals surface area contributed by atoms with Crippen molar-refractivity contribution >= 4 is 17.7 Å². The summed E-state index contributed by atoms with van der Waals surface area (Å²) < 4.78 is 4.85. The molecule has 0 radical (unpaired) electrons. The van der Waals surface area contributed by atoms with Crippen LogP contribution in [0, 0.1) is 0 Å². The van der Waals surface area contributed by atoms with Gasteiger partial charge in [0.25, 0.3) is 0 Å². The molecule has 5 heteroatoms. The van der Waals surface area contributed by atoms with Crippen LogP contribution in [0.15, 0.2) is 18.2 Å². The van der Waals surface area contributed by atoms with Crippen LogP contribution in [0.1, 0.15) is 11.1 Å². The van der Waals surface area contributed by atoms with Crippen LogP contribution in [-0.2, 0) is 17.8 Å². The van der Waals surface area contributed by atoms with Crippen LogP contribution in [0.25, 0.3) is 0 Å². The first-order chi connectivity index (χ1) is 7.70. The molecule has 0 atom stereocenters. The molecule has 1 saturated heterocycles. The van der Waals surface area contributed by atoms with Crippen LogP contribution in [0.2, 0.25) is 5.02 Å². The number of benzene rings is 1. The Bertz CT molecular complexity index is 409. The minimum atomic E-state index is -0.279. The van der Waals surface area contributed by atoms with E-state index >= 15 is 0 Å². The molecule has 16 heavy (non-hydrogen) atoms. The van der Waals surface area contributed by atoms with E-state index < -0.39 is 0 Å². The number of carbonyl (C=O) groups is 1. The third-order valence-electron chi connectivity index (χ3n) is 2.56. The zero-order valence-corrected chi connectivity index (χ0v) is 9.54. The van der Waals surface area contributed by atoms with Gasteiger partial charge in [0.1, 0.15) is 6.61 Å². The molecular weight excluding hydrogens is 228 g/mol. The van der Waals surface area contributed by atoms with E-state index in [1.54, 1.807) is 4.90 Å². The highest BCUT2D eigenvalue weighted by molar-refractivity contribution is 6.31. The number of hydrogen-bond acceptors (Lipinski definition) is 3. The molecule has 0 saturated carbocycles. The van der Waals surface area contributed by atoms with E-state index in [9.17, 15) is 4.79 Å². The number of ether oxygens (including phenoxy) is 1. The molecule has 0 aromatic heterocycles. The van der Waals surface area contributed by atoms with Gasteiger partial charge in [-0.25, -0.2) is 4.79 Å². The highest BCUT2D eigenvalue weighted by atomic mass is 35.5. The first-order valence-electron chi connectivity index (χ1n) is 5.10. The topological polar surface area (TPSA) is 55.6 Å². The second kappa shape index (κ2) is 4.72. The molecule has 1 amide bonds. The average molecular weight is 241 g/mol. The number of carbonyl (C=O) groups excluding carboxylic acids is 1. The predicted molar refractivity (Wildman–Crippen MR) is 61.1 cm³/mol. The number of nitrogens with two attached hydrogens (primary N) is 1. The molecule has 86 valence electrons. The van der Waals surface area contributed by atoms with Crippen molar-refractivity contribution in [2.45, 2.75) is 13.1 Å². The van der Waals surface area contributed by atoms with E-state index in [1.807, 2.05) is 18.2 Å². The van der Waals surface area contributed by atoms with Gasteiger partial charge in [-0.15, -0.1) is 0 Å². The van der Waals surface area contributed by atoms with Crippen LogP contribution in [0.3, 0.4) is 0 Å². The molecule has 1 aromatic carbocycles. The summed E-state index contributed by atoms with van der Waals surface area (Å²) >= 11 is 6.10. The lowest BCUT2D eigenvalue weighted by molar-refractivity contribution is 0.157. The Labute approximate surface area is 98.9 Å². The summed E-state index contributed by atoms with van der Waals surface area (Å²) in [4.78, 5) is 12.9. The molecular formula is C11H13ClN2O2. The predicted octanol–water partition coefficient (Wildman–Crippen LogP) is 1.75. The van der Waals surface area contributed by atoms with Crippen molar-refractivity contribution in [1.82, 2.24) is 4.90 Å². The van der Waals surface area contributed by atoms with E-state index in [-0.39, 0.29) is 6.09 Å². The molecule has 2 rings (SSSR count). The van der Waals surface area contributed by atoms with Crippen molar-refractivity contribution in [3.8, 4) is 0 Å². The number of hydrogen-bond donors (Lipinski definition) is 1. The molecule has 0 spiro atoms. The van der Waals surface area contributed by atoms with E-state index in [0.29, 0.717) is 31.3 Å². The maximum Gasteiger partial charge on any atom is 0.410 e. The van der Waals surface area contributed by atoms with Crippen LogP contribution >= 0.6 is 11.6 Å². The van der Waals surface area contributed by atoms with Crippen LogP contribution in [0.5, 0.6) is 0 Å². The lowest BCUT2D eigenvalue weighted by Crippen LogP contribution is -2.23. The second-order valence-corrected chi connectivity index (χ2v) is 4.07. The van der Waals surface area contributed by atoms with Gasteiger partial charge in [-0.05, 0) is 17.2 Å². The van der Waals surface area contributed by atoms with Gasteiger partial charge in [-0.3, -0.25) is 0 Å². The van der Waals surface area contributed by atoms with E-state index in [0.717, 1.165) is 11.1 Å². The van der Waals surface area contributed by atoms with E-state index in [4.69, 9.17) is 22.1 Å². The van der Waals surface area contributed by atoms with Crippen LogP contribution < -0.4 is 5.73 Å². The van der Waals surface area contributed by atoms with Gasteiger partial charge < -0.3 is 15.4 Å². The minimum absolute atomic E-state index is 0.279. The molecule has 0 unspecified atom stereocenters. The monoisotopic (exact) mass is 240 g/mol. The SMILES string of the molecule is NCc1ccc(CN2CCOC2=O)c(Cl)c1. The van der Waals surface area contributed by atoms with Crippen molar-refractivity contribution in [3.05, 3.63) is 34.3 Å². The van der Waals surface area contributed by atoms with Gasteiger partial charge in [0.05, 0.1) is 13.1 Å². The number of amides is 1. The molecule has 1 fully saturated rings. The Balaban J connectivity index is 2.12. The van der Waals surface area contributed by atoms with E-state index in [1.165, 1.54) is 0 Å². The lowest BCUT2D eigenvalue weighted by atomic mass is 10.1. The first kappa shape index (κ1) is 11.2. The van der Waals surface area contributed by atoms with Crippen molar-refractivity contribution in [2.24, 2.45) is 5.73 Å². The fraction of sp³-hybridized carbons (Fsp3) is 0.364. The lowest BCUT2D eigenvalue weighted by Gasteiger charge is -2.14. The average Bonchev–Trinajstić information content (AvgIpc) is 2.67. The molecule has 1 aliphatic heterocycles. The van der Waals surface area contributed by atoms with Gasteiger partial charge in [-0.1, -0.05) is 23.7 Å². The van der Waals surface area contributed by atoms with Crippen molar-refractivity contribution in [3.63, 3.8) is 0 Å². The molecule has 1 aliphatic rings. The maximum absolute atomic E-state index is 11.3. The maximum atomic E-state index is 11.3. The number of halogens is 1. The van der Waals surface area contributed by atoms with Gasteiger partial charge in [0.2, 0.25) is 0 Å². The van der Waals surface area contributed by atoms with Crippen LogP contribution in [-0.4, -0.2) is 24.1 Å². The molecule has 4 nitrogen and oxygen atoms in total. The molecule has 0 aliphatic carbocycles. The summed E-state index contributed by atoms with van der Waals surface area (Å²) in [5.74, 6) is 0. The summed E-state index contributed by atoms with van der Waals surface area (Å²) in [5, 5.41) is 0.641. The number of nitrogens with zero attached hydrogens (tertiary/aromatic N) is 1. The summed E-state index contributed by atoms with van der Waals surface area (Å²) in [6.07, 6.45) is -0.279. The summed E-state index contributed by atoms with van der Waals surface area (Å²) in [6, 6.07) is 5.65. The van der Waals surface area contributed by atoms with Crippen molar-refractivity contribution < 1.29 is 9.53 Å². The molecule has 2 N–H and O–H groups in total. The summed E-state index contributed by atoms with van der Waals surface area (Å²) in [7, 11) is 0. The van der Waals surface area contributed by atoms with Crippen molar-refractivity contribution in [2.75, 3.05) is 13.2 Å². The third-order valence-corrected chi connectivity index (χ3v) is 2.91. The standard InChI is InChI=1S/C11H13ClN2O2/c12-10-5-8(6-13)1-2-9(10)7-14-3-4-16-11(14)15/h1-2,5H,3-4,6-7,13H2. The normalized spacial score (nSPS) is 15.4. The molecule has 1 aromatic rings. The zero-order valence-electron chi connectivity index (χ0n) is 8.78. The fourth-order valence-electron chi connectivity index (χ4n) is 1.62. The zero-order chi connectivity index (χ0) is 11.5. The van der Waals surface area contributed by atoms with Gasteiger partial charge in [-0.2, -0.15) is 0 Å². The van der Waals surface area contributed by atoms with E-state index in [2.05, 4.69) is 0 Å². The van der Waals surface area contributed by atoms with Crippen LogP contribution in [0.4, 0.5) is 4.79 Å². The Morgan fingerprint density at radius 2 is 2.31 bits per heavy atom. The fourth-order valence-corrected chi connectivity index (χ4v) is 1.88. The Morgan fingerprint density at radius 3 is 2.88 bits per heavy atom. The van der Waals surface area contributed by atoms with Crippen molar-refractivity contribution in [1.29, 1.82) is 0 Å². The largest absolute Gasteiger partial charge is 0.448 e. The third kappa shape index (κ3) is 2.28. The molecule has 0 bridgehead atoms. The Kier molecular flexibility index (Phi) is 3.31.